The number of carbonyl (C=O) groups is 2. The Morgan fingerprint density at radius 2 is 2.10 bits per heavy atom. The topological polar surface area (TPSA) is 68.7 Å². The van der Waals surface area contributed by atoms with Gasteiger partial charge in [-0.2, -0.15) is 0 Å². The Morgan fingerprint density at radius 3 is 2.65 bits per heavy atom. The SMILES string of the molecule is COCCN(CCC(=O)OC)C(=O)Cc1csc(C)n1. The normalized spacial score (nSPS) is 10.3. The van der Waals surface area contributed by atoms with Crippen molar-refractivity contribution in [2.45, 2.75) is 19.8 Å². The van der Waals surface area contributed by atoms with Gasteiger partial charge in [-0.15, -0.1) is 11.3 Å². The summed E-state index contributed by atoms with van der Waals surface area (Å²) in [4.78, 5) is 29.3. The molecule has 0 N–H and O–H groups in total. The van der Waals surface area contributed by atoms with Crippen molar-refractivity contribution < 1.29 is 19.1 Å². The number of carbonyl (C=O) groups excluding carboxylic acids is 2. The number of rotatable bonds is 8. The molecule has 0 unspecified atom stereocenters. The van der Waals surface area contributed by atoms with Gasteiger partial charge in [0.1, 0.15) is 0 Å². The molecule has 0 radical (unpaired) electrons. The van der Waals surface area contributed by atoms with Crippen molar-refractivity contribution in [1.82, 2.24) is 9.88 Å². The van der Waals surface area contributed by atoms with Crippen LogP contribution in [0.1, 0.15) is 17.1 Å². The van der Waals surface area contributed by atoms with Crippen molar-refractivity contribution in [2.24, 2.45) is 0 Å². The van der Waals surface area contributed by atoms with Crippen LogP contribution in [0.25, 0.3) is 0 Å². The van der Waals surface area contributed by atoms with Crippen molar-refractivity contribution in [3.8, 4) is 0 Å². The summed E-state index contributed by atoms with van der Waals surface area (Å²) in [6, 6.07) is 0. The number of aromatic nitrogens is 1. The van der Waals surface area contributed by atoms with Crippen LogP contribution in [-0.4, -0.2) is 55.7 Å². The zero-order chi connectivity index (χ0) is 15.0. The summed E-state index contributed by atoms with van der Waals surface area (Å²) in [6.45, 7) is 3.12. The fourth-order valence-corrected chi connectivity index (χ4v) is 2.26. The van der Waals surface area contributed by atoms with Crippen LogP contribution in [0.5, 0.6) is 0 Å². The van der Waals surface area contributed by atoms with E-state index in [1.54, 1.807) is 12.0 Å². The molecule has 0 bridgehead atoms. The number of amides is 1. The van der Waals surface area contributed by atoms with E-state index < -0.39 is 0 Å². The smallest absolute Gasteiger partial charge is 0.307 e. The molecule has 1 aromatic rings. The lowest BCUT2D eigenvalue weighted by Crippen LogP contribution is -2.36. The van der Waals surface area contributed by atoms with E-state index in [-0.39, 0.29) is 24.7 Å². The van der Waals surface area contributed by atoms with E-state index in [0.29, 0.717) is 19.7 Å². The highest BCUT2D eigenvalue weighted by molar-refractivity contribution is 7.09. The van der Waals surface area contributed by atoms with E-state index in [0.717, 1.165) is 10.7 Å². The van der Waals surface area contributed by atoms with Crippen molar-refractivity contribution in [3.63, 3.8) is 0 Å². The van der Waals surface area contributed by atoms with Gasteiger partial charge < -0.3 is 14.4 Å². The average molecular weight is 300 g/mol. The molecule has 0 saturated carbocycles. The molecule has 0 atom stereocenters. The molecule has 0 saturated heterocycles. The van der Waals surface area contributed by atoms with Crippen LogP contribution in [0.15, 0.2) is 5.38 Å². The van der Waals surface area contributed by atoms with Gasteiger partial charge in [0.05, 0.1) is 37.3 Å². The Balaban J connectivity index is 2.56. The number of aryl methyl sites for hydroxylation is 1. The zero-order valence-electron chi connectivity index (χ0n) is 12.0. The van der Waals surface area contributed by atoms with Crippen LogP contribution < -0.4 is 0 Å². The molecule has 1 heterocycles. The fraction of sp³-hybridized carbons (Fsp3) is 0.615. The van der Waals surface area contributed by atoms with E-state index in [2.05, 4.69) is 9.72 Å². The summed E-state index contributed by atoms with van der Waals surface area (Å²) in [6.07, 6.45) is 0.428. The molecule has 20 heavy (non-hydrogen) atoms. The molecule has 1 aromatic heterocycles. The van der Waals surface area contributed by atoms with Crippen molar-refractivity contribution in [1.29, 1.82) is 0 Å². The van der Waals surface area contributed by atoms with Crippen molar-refractivity contribution in [2.75, 3.05) is 33.9 Å². The van der Waals surface area contributed by atoms with Gasteiger partial charge in [-0.25, -0.2) is 4.98 Å². The number of hydrogen-bond acceptors (Lipinski definition) is 6. The van der Waals surface area contributed by atoms with Crippen LogP contribution in [0.3, 0.4) is 0 Å². The lowest BCUT2D eigenvalue weighted by molar-refractivity contribution is -0.141. The molecule has 0 aliphatic heterocycles. The predicted octanol–water partition coefficient (Wildman–Crippen LogP) is 1.03. The monoisotopic (exact) mass is 300 g/mol. The van der Waals surface area contributed by atoms with Gasteiger partial charge in [0.2, 0.25) is 5.91 Å². The van der Waals surface area contributed by atoms with Gasteiger partial charge in [0.25, 0.3) is 0 Å². The third kappa shape index (κ3) is 5.66. The van der Waals surface area contributed by atoms with Gasteiger partial charge in [-0.05, 0) is 6.92 Å². The molecular weight excluding hydrogens is 280 g/mol. The largest absolute Gasteiger partial charge is 0.469 e. The lowest BCUT2D eigenvalue weighted by Gasteiger charge is -2.21. The Labute approximate surface area is 122 Å². The van der Waals surface area contributed by atoms with Crippen LogP contribution in [-0.2, 0) is 25.5 Å². The number of esters is 1. The zero-order valence-corrected chi connectivity index (χ0v) is 12.9. The van der Waals surface area contributed by atoms with E-state index in [1.807, 2.05) is 12.3 Å². The predicted molar refractivity (Wildman–Crippen MR) is 75.6 cm³/mol. The quantitative estimate of drug-likeness (QED) is 0.671. The minimum absolute atomic E-state index is 0.0590. The number of ether oxygens (including phenoxy) is 2. The number of thiazole rings is 1. The molecule has 0 aliphatic carbocycles. The van der Waals surface area contributed by atoms with Crippen LogP contribution in [0.4, 0.5) is 0 Å². The number of hydrogen-bond donors (Lipinski definition) is 0. The minimum atomic E-state index is -0.329. The van der Waals surface area contributed by atoms with Gasteiger partial charge in [-0.3, -0.25) is 9.59 Å². The summed E-state index contributed by atoms with van der Waals surface area (Å²) in [5.41, 5.74) is 0.762. The Bertz CT molecular complexity index is 447. The molecule has 1 amide bonds. The summed E-state index contributed by atoms with van der Waals surface area (Å²) in [7, 11) is 2.91. The third-order valence-electron chi connectivity index (χ3n) is 2.73. The molecule has 0 aromatic carbocycles. The van der Waals surface area contributed by atoms with Gasteiger partial charge in [0, 0.05) is 25.6 Å². The summed E-state index contributed by atoms with van der Waals surface area (Å²) in [5, 5.41) is 2.81. The summed E-state index contributed by atoms with van der Waals surface area (Å²) >= 11 is 1.52. The van der Waals surface area contributed by atoms with Gasteiger partial charge in [-0.1, -0.05) is 0 Å². The molecular formula is C13H20N2O4S. The highest BCUT2D eigenvalue weighted by atomic mass is 32.1. The minimum Gasteiger partial charge on any atom is -0.469 e. The van der Waals surface area contributed by atoms with Crippen molar-refractivity contribution in [3.05, 3.63) is 16.1 Å². The lowest BCUT2D eigenvalue weighted by atomic mass is 10.2. The van der Waals surface area contributed by atoms with Crippen LogP contribution >= 0.6 is 11.3 Å². The molecule has 6 nitrogen and oxygen atoms in total. The Morgan fingerprint density at radius 1 is 1.35 bits per heavy atom. The van der Waals surface area contributed by atoms with Crippen LogP contribution in [0.2, 0.25) is 0 Å². The Hall–Kier alpha value is -1.47. The van der Waals surface area contributed by atoms with Gasteiger partial charge >= 0.3 is 5.97 Å². The van der Waals surface area contributed by atoms with E-state index in [9.17, 15) is 9.59 Å². The molecule has 7 heteroatoms. The molecule has 0 spiro atoms. The van der Waals surface area contributed by atoms with Crippen molar-refractivity contribution >= 4 is 23.2 Å². The first-order chi connectivity index (χ1) is 9.56. The first-order valence-electron chi connectivity index (χ1n) is 6.31. The first kappa shape index (κ1) is 16.6. The third-order valence-corrected chi connectivity index (χ3v) is 3.55. The number of methoxy groups -OCH3 is 2. The summed E-state index contributed by atoms with van der Waals surface area (Å²) < 4.78 is 9.57. The average Bonchev–Trinajstić information content (AvgIpc) is 2.83. The maximum Gasteiger partial charge on any atom is 0.307 e. The Kier molecular flexibility index (Phi) is 7.17. The molecule has 0 fully saturated rings. The fourth-order valence-electron chi connectivity index (χ4n) is 1.65. The molecule has 1 rings (SSSR count). The van der Waals surface area contributed by atoms with E-state index in [1.165, 1.54) is 18.4 Å². The second-order valence-corrected chi connectivity index (χ2v) is 5.30. The van der Waals surface area contributed by atoms with Gasteiger partial charge in [0.15, 0.2) is 0 Å². The van der Waals surface area contributed by atoms with E-state index >= 15 is 0 Å². The standard InChI is InChI=1S/C13H20N2O4S/c1-10-14-11(9-20-10)8-12(16)15(6-7-18-2)5-4-13(17)19-3/h9H,4-8H2,1-3H3. The first-order valence-corrected chi connectivity index (χ1v) is 7.19. The molecule has 0 aliphatic rings. The number of nitrogens with zero attached hydrogens (tertiary/aromatic N) is 2. The van der Waals surface area contributed by atoms with E-state index in [4.69, 9.17) is 4.74 Å². The van der Waals surface area contributed by atoms with Crippen LogP contribution in [0, 0.1) is 6.92 Å². The second-order valence-electron chi connectivity index (χ2n) is 4.23. The maximum absolute atomic E-state index is 12.2. The maximum atomic E-state index is 12.2. The highest BCUT2D eigenvalue weighted by Crippen LogP contribution is 2.10. The second kappa shape index (κ2) is 8.65. The molecule has 112 valence electrons. The summed E-state index contributed by atoms with van der Waals surface area (Å²) in [5.74, 6) is -0.388. The highest BCUT2D eigenvalue weighted by Gasteiger charge is 2.16.